The number of anilines is 1. The van der Waals surface area contributed by atoms with Gasteiger partial charge in [-0.15, -0.1) is 0 Å². The zero-order valence-corrected chi connectivity index (χ0v) is 10.4. The lowest BCUT2D eigenvalue weighted by Crippen LogP contribution is -2.16. The van der Waals surface area contributed by atoms with Crippen molar-refractivity contribution in [3.8, 4) is 22.8 Å². The van der Waals surface area contributed by atoms with Crippen molar-refractivity contribution in [2.24, 2.45) is 7.05 Å². The molecule has 0 saturated heterocycles. The van der Waals surface area contributed by atoms with Crippen molar-refractivity contribution in [2.75, 3.05) is 18.9 Å². The molecule has 0 spiro atoms. The van der Waals surface area contributed by atoms with Gasteiger partial charge in [-0.05, 0) is 24.6 Å². The van der Waals surface area contributed by atoms with Crippen LogP contribution in [0.15, 0.2) is 18.2 Å². The lowest BCUT2D eigenvalue weighted by atomic mass is 10.1. The molecule has 0 aliphatic carbocycles. The van der Waals surface area contributed by atoms with E-state index in [1.807, 2.05) is 32.2 Å². The summed E-state index contributed by atoms with van der Waals surface area (Å²) in [4.78, 5) is 0. The smallest absolute Gasteiger partial charge is 0.164 e. The zero-order chi connectivity index (χ0) is 12.7. The number of aryl methyl sites for hydroxylation is 2. The molecule has 18 heavy (non-hydrogen) atoms. The number of hydrogen-bond donors (Lipinski definition) is 1. The van der Waals surface area contributed by atoms with Crippen molar-refractivity contribution in [1.29, 1.82) is 0 Å². The lowest BCUT2D eigenvalue weighted by Gasteiger charge is -2.20. The molecule has 1 aliphatic heterocycles. The third-order valence-corrected chi connectivity index (χ3v) is 3.04. The second kappa shape index (κ2) is 3.94. The van der Waals surface area contributed by atoms with E-state index in [1.54, 1.807) is 4.68 Å². The molecule has 0 radical (unpaired) electrons. The van der Waals surface area contributed by atoms with Crippen LogP contribution < -0.4 is 15.2 Å². The molecule has 2 aromatic rings. The van der Waals surface area contributed by atoms with Crippen LogP contribution in [0.25, 0.3) is 11.3 Å². The number of ether oxygens (including phenoxy) is 2. The predicted octanol–water partition coefficient (Wildman–Crippen LogP) is 1.75. The Balaban J connectivity index is 2.10. The number of nitrogens with two attached hydrogens (primary N) is 1. The molecule has 3 rings (SSSR count). The normalized spacial score (nSPS) is 13.7. The molecule has 0 saturated carbocycles. The average Bonchev–Trinajstić information content (AvgIpc) is 2.70. The van der Waals surface area contributed by atoms with Crippen molar-refractivity contribution < 1.29 is 9.47 Å². The molecule has 1 aliphatic rings. The SMILES string of the molecule is Cc1cc(-c2cc(N)n(C)n2)cc2c1OCCO2. The first-order chi connectivity index (χ1) is 8.65. The van der Waals surface area contributed by atoms with Gasteiger partial charge in [-0.1, -0.05) is 0 Å². The fourth-order valence-corrected chi connectivity index (χ4v) is 2.10. The van der Waals surface area contributed by atoms with E-state index in [4.69, 9.17) is 15.2 Å². The summed E-state index contributed by atoms with van der Waals surface area (Å²) in [6.07, 6.45) is 0. The molecule has 5 nitrogen and oxygen atoms in total. The Hall–Kier alpha value is -2.17. The van der Waals surface area contributed by atoms with E-state index < -0.39 is 0 Å². The van der Waals surface area contributed by atoms with Crippen molar-refractivity contribution in [3.05, 3.63) is 23.8 Å². The summed E-state index contributed by atoms with van der Waals surface area (Å²) >= 11 is 0. The molecule has 0 fully saturated rings. The minimum Gasteiger partial charge on any atom is -0.486 e. The van der Waals surface area contributed by atoms with Gasteiger partial charge < -0.3 is 15.2 Å². The van der Waals surface area contributed by atoms with E-state index in [9.17, 15) is 0 Å². The van der Waals surface area contributed by atoms with Crippen LogP contribution in [-0.2, 0) is 7.05 Å². The Morgan fingerprint density at radius 2 is 2.00 bits per heavy atom. The van der Waals surface area contributed by atoms with Crippen LogP contribution in [0.4, 0.5) is 5.82 Å². The molecule has 2 N–H and O–H groups in total. The van der Waals surface area contributed by atoms with Crippen molar-refractivity contribution >= 4 is 5.82 Å². The standard InChI is InChI=1S/C13H15N3O2/c1-8-5-9(10-7-12(14)16(2)15-10)6-11-13(8)18-4-3-17-11/h5-7H,3-4,14H2,1-2H3. The Bertz CT molecular complexity index is 585. The lowest BCUT2D eigenvalue weighted by molar-refractivity contribution is 0.170. The molecule has 1 aromatic carbocycles. The van der Waals surface area contributed by atoms with Gasteiger partial charge in [0.25, 0.3) is 0 Å². The van der Waals surface area contributed by atoms with E-state index >= 15 is 0 Å². The minimum atomic E-state index is 0.584. The highest BCUT2D eigenvalue weighted by Gasteiger charge is 2.17. The molecule has 0 amide bonds. The Morgan fingerprint density at radius 3 is 2.72 bits per heavy atom. The van der Waals surface area contributed by atoms with E-state index in [2.05, 4.69) is 5.10 Å². The first kappa shape index (κ1) is 11.0. The highest BCUT2D eigenvalue weighted by atomic mass is 16.6. The molecule has 1 aromatic heterocycles. The maximum absolute atomic E-state index is 5.80. The fraction of sp³-hybridized carbons (Fsp3) is 0.308. The van der Waals surface area contributed by atoms with Gasteiger partial charge in [0.15, 0.2) is 11.5 Å². The van der Waals surface area contributed by atoms with Gasteiger partial charge in [-0.2, -0.15) is 5.10 Å². The largest absolute Gasteiger partial charge is 0.486 e. The van der Waals surface area contributed by atoms with Crippen LogP contribution >= 0.6 is 0 Å². The van der Waals surface area contributed by atoms with E-state index in [0.29, 0.717) is 19.0 Å². The highest BCUT2D eigenvalue weighted by Crippen LogP contribution is 2.37. The third-order valence-electron chi connectivity index (χ3n) is 3.04. The van der Waals surface area contributed by atoms with Gasteiger partial charge in [0.05, 0.1) is 5.69 Å². The summed E-state index contributed by atoms with van der Waals surface area (Å²) in [7, 11) is 1.82. The molecular weight excluding hydrogens is 230 g/mol. The molecular formula is C13H15N3O2. The van der Waals surface area contributed by atoms with E-state index in [1.165, 1.54) is 0 Å². The number of rotatable bonds is 1. The Labute approximate surface area is 105 Å². The summed E-state index contributed by atoms with van der Waals surface area (Å²) in [6.45, 7) is 3.19. The first-order valence-electron chi connectivity index (χ1n) is 5.85. The summed E-state index contributed by atoms with van der Waals surface area (Å²) < 4.78 is 12.9. The van der Waals surface area contributed by atoms with Gasteiger partial charge in [-0.25, -0.2) is 0 Å². The van der Waals surface area contributed by atoms with E-state index in [-0.39, 0.29) is 0 Å². The van der Waals surface area contributed by atoms with Gasteiger partial charge in [0, 0.05) is 18.7 Å². The third kappa shape index (κ3) is 1.68. The summed E-state index contributed by atoms with van der Waals surface area (Å²) in [5.74, 6) is 2.24. The molecule has 0 unspecified atom stereocenters. The quantitative estimate of drug-likeness (QED) is 0.831. The topological polar surface area (TPSA) is 62.3 Å². The average molecular weight is 245 g/mol. The maximum atomic E-state index is 5.80. The van der Waals surface area contributed by atoms with Gasteiger partial charge in [-0.3, -0.25) is 4.68 Å². The fourth-order valence-electron chi connectivity index (χ4n) is 2.10. The number of nitrogens with zero attached hydrogens (tertiary/aromatic N) is 2. The molecule has 5 heteroatoms. The Kier molecular flexibility index (Phi) is 2.40. The predicted molar refractivity (Wildman–Crippen MR) is 68.8 cm³/mol. The maximum Gasteiger partial charge on any atom is 0.164 e. The van der Waals surface area contributed by atoms with Gasteiger partial charge in [0.1, 0.15) is 19.0 Å². The summed E-state index contributed by atoms with van der Waals surface area (Å²) in [5, 5.41) is 4.37. The minimum absolute atomic E-state index is 0.584. The number of aromatic nitrogens is 2. The molecule has 0 atom stereocenters. The van der Waals surface area contributed by atoms with Crippen LogP contribution in [0.5, 0.6) is 11.5 Å². The first-order valence-corrected chi connectivity index (χ1v) is 5.85. The summed E-state index contributed by atoms with van der Waals surface area (Å²) in [6, 6.07) is 5.84. The van der Waals surface area contributed by atoms with Crippen LogP contribution in [-0.4, -0.2) is 23.0 Å². The van der Waals surface area contributed by atoms with Gasteiger partial charge >= 0.3 is 0 Å². The second-order valence-electron chi connectivity index (χ2n) is 4.40. The highest BCUT2D eigenvalue weighted by molar-refractivity contribution is 5.68. The van der Waals surface area contributed by atoms with E-state index in [0.717, 1.165) is 28.3 Å². The summed E-state index contributed by atoms with van der Waals surface area (Å²) in [5.41, 5.74) is 8.68. The zero-order valence-electron chi connectivity index (χ0n) is 10.4. The van der Waals surface area contributed by atoms with Crippen LogP contribution in [0.2, 0.25) is 0 Å². The number of benzene rings is 1. The van der Waals surface area contributed by atoms with Crippen molar-refractivity contribution in [2.45, 2.75) is 6.92 Å². The molecule has 0 bridgehead atoms. The van der Waals surface area contributed by atoms with Crippen LogP contribution in [0.1, 0.15) is 5.56 Å². The number of fused-ring (bicyclic) bond motifs is 1. The second-order valence-corrected chi connectivity index (χ2v) is 4.40. The molecule has 94 valence electrons. The Morgan fingerprint density at radius 1 is 1.22 bits per heavy atom. The van der Waals surface area contributed by atoms with Crippen molar-refractivity contribution in [3.63, 3.8) is 0 Å². The monoisotopic (exact) mass is 245 g/mol. The van der Waals surface area contributed by atoms with Crippen molar-refractivity contribution in [1.82, 2.24) is 9.78 Å². The number of nitrogen functional groups attached to an aromatic ring is 1. The van der Waals surface area contributed by atoms with Gasteiger partial charge in [0.2, 0.25) is 0 Å². The number of hydrogen-bond acceptors (Lipinski definition) is 4. The van der Waals surface area contributed by atoms with Crippen LogP contribution in [0.3, 0.4) is 0 Å². The van der Waals surface area contributed by atoms with Crippen LogP contribution in [0, 0.1) is 6.92 Å². The molecule has 2 heterocycles.